The van der Waals surface area contributed by atoms with Crippen molar-refractivity contribution in [3.8, 4) is 0 Å². The Morgan fingerprint density at radius 1 is 1.33 bits per heavy atom. The van der Waals surface area contributed by atoms with Crippen LogP contribution in [0.1, 0.15) is 44.2 Å². The molecule has 1 N–H and O–H groups in total. The van der Waals surface area contributed by atoms with Gasteiger partial charge in [-0.15, -0.1) is 0 Å². The monoisotopic (exact) mass is 310 g/mol. The summed E-state index contributed by atoms with van der Waals surface area (Å²) in [6.07, 6.45) is 4.95. The topological polar surface area (TPSA) is 15.3 Å². The molecule has 2 fully saturated rings. The molecule has 0 radical (unpaired) electrons. The molecule has 1 aromatic rings. The van der Waals surface area contributed by atoms with Crippen molar-refractivity contribution in [2.45, 2.75) is 50.7 Å². The average Bonchev–Trinajstić information content (AvgIpc) is 2.69. The van der Waals surface area contributed by atoms with Gasteiger partial charge in [0.25, 0.3) is 0 Å². The molecule has 2 nitrogen and oxygen atoms in total. The normalized spacial score (nSPS) is 30.6. The fraction of sp³-hybridized carbons (Fsp3) is 0.647. The lowest BCUT2D eigenvalue weighted by Gasteiger charge is -2.40. The summed E-state index contributed by atoms with van der Waals surface area (Å²) in [6, 6.07) is 6.25. The second kappa shape index (κ2) is 6.23. The van der Waals surface area contributed by atoms with Crippen molar-refractivity contribution < 1.29 is 4.39 Å². The maximum atomic E-state index is 13.6. The lowest BCUT2D eigenvalue weighted by atomic mass is 9.82. The van der Waals surface area contributed by atoms with Crippen LogP contribution in [0.5, 0.6) is 0 Å². The van der Waals surface area contributed by atoms with Gasteiger partial charge in [-0.1, -0.05) is 18.5 Å². The molecule has 2 bridgehead atoms. The van der Waals surface area contributed by atoms with Crippen molar-refractivity contribution in [3.63, 3.8) is 0 Å². The van der Waals surface area contributed by atoms with Gasteiger partial charge in [0.2, 0.25) is 0 Å². The number of fused-ring (bicyclic) bond motifs is 2. The lowest BCUT2D eigenvalue weighted by Crippen LogP contribution is -2.43. The largest absolute Gasteiger partial charge is 0.310 e. The van der Waals surface area contributed by atoms with Crippen molar-refractivity contribution in [2.24, 2.45) is 5.92 Å². The summed E-state index contributed by atoms with van der Waals surface area (Å²) in [5, 5.41) is 4.23. The van der Waals surface area contributed by atoms with E-state index >= 15 is 0 Å². The van der Waals surface area contributed by atoms with E-state index in [1.165, 1.54) is 31.7 Å². The van der Waals surface area contributed by atoms with Gasteiger partial charge in [-0.05, 0) is 69.0 Å². The van der Waals surface area contributed by atoms with Gasteiger partial charge >= 0.3 is 0 Å². The highest BCUT2D eigenvalue weighted by atomic mass is 35.5. The number of rotatable bonds is 4. The molecule has 0 aromatic heterocycles. The van der Waals surface area contributed by atoms with E-state index in [1.54, 1.807) is 12.1 Å². The predicted octanol–water partition coefficient (Wildman–Crippen LogP) is 4.00. The summed E-state index contributed by atoms with van der Waals surface area (Å²) in [5.74, 6) is 0.339. The van der Waals surface area contributed by atoms with E-state index in [0.29, 0.717) is 23.0 Å². The van der Waals surface area contributed by atoms with Gasteiger partial charge in [-0.25, -0.2) is 4.39 Å². The van der Waals surface area contributed by atoms with Crippen LogP contribution in [-0.2, 0) is 0 Å². The molecule has 3 unspecified atom stereocenters. The molecule has 4 heteroatoms. The Morgan fingerprint density at radius 2 is 2.00 bits per heavy atom. The van der Waals surface area contributed by atoms with Crippen molar-refractivity contribution in [3.05, 3.63) is 34.6 Å². The standard InChI is InChI=1S/C17H24ClFN2/c1-3-20-17(15-10-12(19)4-7-16(15)18)11-8-13-5-6-14(9-11)21(13)2/h4,7,10-11,13-14,17,20H,3,5-6,8-9H2,1-2H3. The Balaban J connectivity index is 1.86. The van der Waals surface area contributed by atoms with Gasteiger partial charge in [0.1, 0.15) is 5.82 Å². The number of hydrogen-bond acceptors (Lipinski definition) is 2. The average molecular weight is 311 g/mol. The zero-order valence-electron chi connectivity index (χ0n) is 12.8. The van der Waals surface area contributed by atoms with Crippen LogP contribution in [0.3, 0.4) is 0 Å². The van der Waals surface area contributed by atoms with Crippen molar-refractivity contribution in [1.29, 1.82) is 0 Å². The molecule has 3 rings (SSSR count). The van der Waals surface area contributed by atoms with Crippen molar-refractivity contribution >= 4 is 11.6 Å². The quantitative estimate of drug-likeness (QED) is 0.904. The SMILES string of the molecule is CCNC(c1cc(F)ccc1Cl)C1CC2CCC(C1)N2C. The Morgan fingerprint density at radius 3 is 2.62 bits per heavy atom. The number of hydrogen-bond donors (Lipinski definition) is 1. The highest BCUT2D eigenvalue weighted by Crippen LogP contribution is 2.43. The summed E-state index contributed by atoms with van der Waals surface area (Å²) in [4.78, 5) is 2.53. The van der Waals surface area contributed by atoms with Crippen LogP contribution in [0.2, 0.25) is 5.02 Å². The number of nitrogens with zero attached hydrogens (tertiary/aromatic N) is 1. The van der Waals surface area contributed by atoms with E-state index in [9.17, 15) is 4.39 Å². The van der Waals surface area contributed by atoms with Gasteiger partial charge < -0.3 is 10.2 Å². The highest BCUT2D eigenvalue weighted by Gasteiger charge is 2.41. The second-order valence-electron chi connectivity index (χ2n) is 6.48. The molecule has 2 saturated heterocycles. The first kappa shape index (κ1) is 15.3. The third kappa shape index (κ3) is 2.96. The third-order valence-corrected chi connectivity index (χ3v) is 5.67. The fourth-order valence-electron chi connectivity index (χ4n) is 4.23. The molecule has 21 heavy (non-hydrogen) atoms. The van der Waals surface area contributed by atoms with Crippen LogP contribution in [0.25, 0.3) is 0 Å². The molecule has 2 heterocycles. The van der Waals surface area contributed by atoms with Crippen molar-refractivity contribution in [2.75, 3.05) is 13.6 Å². The Labute approximate surface area is 131 Å². The molecule has 0 amide bonds. The summed E-state index contributed by atoms with van der Waals surface area (Å²) in [7, 11) is 2.25. The number of nitrogens with one attached hydrogen (secondary N) is 1. The molecule has 0 saturated carbocycles. The molecular formula is C17H24ClFN2. The maximum Gasteiger partial charge on any atom is 0.123 e. The first-order valence-electron chi connectivity index (χ1n) is 8.00. The van der Waals surface area contributed by atoms with E-state index in [4.69, 9.17) is 11.6 Å². The van der Waals surface area contributed by atoms with E-state index in [2.05, 4.69) is 24.2 Å². The Bertz CT molecular complexity index is 494. The van der Waals surface area contributed by atoms with E-state index in [0.717, 1.165) is 12.1 Å². The van der Waals surface area contributed by atoms with Crippen LogP contribution in [0.15, 0.2) is 18.2 Å². The molecule has 0 aliphatic carbocycles. The maximum absolute atomic E-state index is 13.6. The van der Waals surface area contributed by atoms with Crippen LogP contribution in [-0.4, -0.2) is 30.6 Å². The zero-order chi connectivity index (χ0) is 15.0. The molecule has 116 valence electrons. The molecule has 0 spiro atoms. The summed E-state index contributed by atoms with van der Waals surface area (Å²) in [6.45, 7) is 2.98. The van der Waals surface area contributed by atoms with Crippen molar-refractivity contribution in [1.82, 2.24) is 10.2 Å². The number of piperidine rings is 1. The highest BCUT2D eigenvalue weighted by molar-refractivity contribution is 6.31. The minimum atomic E-state index is -0.201. The molecule has 3 atom stereocenters. The minimum absolute atomic E-state index is 0.162. The summed E-state index contributed by atoms with van der Waals surface area (Å²) < 4.78 is 13.6. The molecule has 1 aromatic carbocycles. The van der Waals surface area contributed by atoms with Gasteiger partial charge in [-0.3, -0.25) is 0 Å². The van der Waals surface area contributed by atoms with Crippen LogP contribution >= 0.6 is 11.6 Å². The van der Waals surface area contributed by atoms with Gasteiger partial charge in [0.05, 0.1) is 0 Å². The summed E-state index contributed by atoms with van der Waals surface area (Å²) in [5.41, 5.74) is 0.924. The fourth-order valence-corrected chi connectivity index (χ4v) is 4.46. The lowest BCUT2D eigenvalue weighted by molar-refractivity contribution is 0.113. The van der Waals surface area contributed by atoms with E-state index < -0.39 is 0 Å². The van der Waals surface area contributed by atoms with Gasteiger partial charge in [-0.2, -0.15) is 0 Å². The van der Waals surface area contributed by atoms with Crippen LogP contribution in [0, 0.1) is 11.7 Å². The molecule has 2 aliphatic rings. The molecule has 2 aliphatic heterocycles. The Kier molecular flexibility index (Phi) is 4.53. The third-order valence-electron chi connectivity index (χ3n) is 5.32. The van der Waals surface area contributed by atoms with Gasteiger partial charge in [0, 0.05) is 23.1 Å². The summed E-state index contributed by atoms with van der Waals surface area (Å²) >= 11 is 6.35. The van der Waals surface area contributed by atoms with E-state index in [1.807, 2.05) is 0 Å². The van der Waals surface area contributed by atoms with Crippen LogP contribution in [0.4, 0.5) is 4.39 Å². The Hall–Kier alpha value is -0.640. The first-order chi connectivity index (χ1) is 10.1. The minimum Gasteiger partial charge on any atom is -0.310 e. The second-order valence-corrected chi connectivity index (χ2v) is 6.89. The first-order valence-corrected chi connectivity index (χ1v) is 8.38. The number of benzene rings is 1. The zero-order valence-corrected chi connectivity index (χ0v) is 13.5. The van der Waals surface area contributed by atoms with Gasteiger partial charge in [0.15, 0.2) is 0 Å². The molecular weight excluding hydrogens is 287 g/mol. The smallest absolute Gasteiger partial charge is 0.123 e. The number of halogens is 2. The predicted molar refractivity (Wildman–Crippen MR) is 85.1 cm³/mol. The van der Waals surface area contributed by atoms with Crippen LogP contribution < -0.4 is 5.32 Å². The van der Waals surface area contributed by atoms with E-state index in [-0.39, 0.29) is 11.9 Å².